The Morgan fingerprint density at radius 3 is 2.81 bits per heavy atom. The standard InChI is InChI=1S/C19H21ClFN3O3/c1-24-10-13-12(5-3-4-6-16(13)23-19(26)27-2)17(24)18(25)22-11-7-8-15(21)14(20)9-11/h7-10,16H,3-6H2,1-2H3,(H,22,25)(H,23,26). The van der Waals surface area contributed by atoms with Crippen LogP contribution in [-0.2, 0) is 18.2 Å². The zero-order chi connectivity index (χ0) is 19.6. The van der Waals surface area contributed by atoms with Gasteiger partial charge in [0.05, 0.1) is 18.2 Å². The third-order valence-electron chi connectivity index (χ3n) is 4.73. The minimum Gasteiger partial charge on any atom is -0.453 e. The van der Waals surface area contributed by atoms with Gasteiger partial charge < -0.3 is 19.9 Å². The average molecular weight is 394 g/mol. The molecule has 0 spiro atoms. The minimum absolute atomic E-state index is 0.0548. The molecule has 0 bridgehead atoms. The number of nitrogens with zero attached hydrogens (tertiary/aromatic N) is 1. The van der Waals surface area contributed by atoms with Crippen molar-refractivity contribution in [1.82, 2.24) is 9.88 Å². The Morgan fingerprint density at radius 2 is 2.11 bits per heavy atom. The second-order valence-electron chi connectivity index (χ2n) is 6.54. The molecule has 3 rings (SSSR count). The first-order valence-electron chi connectivity index (χ1n) is 8.69. The van der Waals surface area contributed by atoms with Crippen LogP contribution in [0.15, 0.2) is 24.4 Å². The highest BCUT2D eigenvalue weighted by atomic mass is 35.5. The number of amides is 2. The summed E-state index contributed by atoms with van der Waals surface area (Å²) in [6.45, 7) is 0. The van der Waals surface area contributed by atoms with Crippen molar-refractivity contribution in [1.29, 1.82) is 0 Å². The number of carbonyl (C=O) groups is 2. The zero-order valence-corrected chi connectivity index (χ0v) is 15.9. The molecule has 1 aliphatic rings. The molecule has 144 valence electrons. The highest BCUT2D eigenvalue weighted by Gasteiger charge is 2.28. The molecule has 1 aliphatic carbocycles. The van der Waals surface area contributed by atoms with Gasteiger partial charge in [0.2, 0.25) is 0 Å². The van der Waals surface area contributed by atoms with E-state index in [-0.39, 0.29) is 17.0 Å². The maximum atomic E-state index is 13.3. The summed E-state index contributed by atoms with van der Waals surface area (Å²) >= 11 is 5.79. The predicted molar refractivity (Wildman–Crippen MR) is 101 cm³/mol. The van der Waals surface area contributed by atoms with E-state index >= 15 is 0 Å². The first-order chi connectivity index (χ1) is 12.9. The largest absolute Gasteiger partial charge is 0.453 e. The number of aromatic nitrogens is 1. The number of nitrogens with one attached hydrogen (secondary N) is 2. The summed E-state index contributed by atoms with van der Waals surface area (Å²) in [6, 6.07) is 3.84. The third-order valence-corrected chi connectivity index (χ3v) is 5.02. The Labute approximate surface area is 161 Å². The number of carbonyl (C=O) groups excluding carboxylic acids is 2. The monoisotopic (exact) mass is 393 g/mol. The van der Waals surface area contributed by atoms with E-state index in [1.165, 1.54) is 25.3 Å². The van der Waals surface area contributed by atoms with Gasteiger partial charge >= 0.3 is 6.09 Å². The lowest BCUT2D eigenvalue weighted by Gasteiger charge is -2.16. The van der Waals surface area contributed by atoms with Crippen molar-refractivity contribution < 1.29 is 18.7 Å². The van der Waals surface area contributed by atoms with Gasteiger partial charge in [-0.15, -0.1) is 0 Å². The predicted octanol–water partition coefficient (Wildman–Crippen LogP) is 4.19. The van der Waals surface area contributed by atoms with Crippen LogP contribution in [0.4, 0.5) is 14.9 Å². The van der Waals surface area contributed by atoms with E-state index in [9.17, 15) is 14.0 Å². The second-order valence-corrected chi connectivity index (χ2v) is 6.95. The van der Waals surface area contributed by atoms with Crippen LogP contribution in [0.3, 0.4) is 0 Å². The Balaban J connectivity index is 1.90. The SMILES string of the molecule is COC(=O)NC1CCCCc2c1cn(C)c2C(=O)Nc1ccc(F)c(Cl)c1. The first-order valence-corrected chi connectivity index (χ1v) is 9.07. The molecular formula is C19H21ClFN3O3. The fourth-order valence-corrected chi connectivity index (χ4v) is 3.66. The molecule has 0 saturated heterocycles. The van der Waals surface area contributed by atoms with E-state index < -0.39 is 11.9 Å². The number of ether oxygens (including phenoxy) is 1. The van der Waals surface area contributed by atoms with Gasteiger partial charge in [0, 0.05) is 18.9 Å². The number of hydrogen-bond donors (Lipinski definition) is 2. The summed E-state index contributed by atoms with van der Waals surface area (Å²) in [5, 5.41) is 5.56. The maximum absolute atomic E-state index is 13.3. The quantitative estimate of drug-likeness (QED) is 0.768. The van der Waals surface area contributed by atoms with E-state index in [4.69, 9.17) is 16.3 Å². The van der Waals surface area contributed by atoms with Crippen molar-refractivity contribution in [2.24, 2.45) is 7.05 Å². The molecule has 0 saturated carbocycles. The van der Waals surface area contributed by atoms with Crippen LogP contribution in [-0.4, -0.2) is 23.7 Å². The van der Waals surface area contributed by atoms with Gasteiger partial charge in [-0.2, -0.15) is 0 Å². The van der Waals surface area contributed by atoms with Gasteiger partial charge in [-0.1, -0.05) is 18.0 Å². The maximum Gasteiger partial charge on any atom is 0.407 e. The number of hydrogen-bond acceptors (Lipinski definition) is 3. The highest BCUT2D eigenvalue weighted by molar-refractivity contribution is 6.31. The van der Waals surface area contributed by atoms with Crippen LogP contribution >= 0.6 is 11.6 Å². The molecule has 6 nitrogen and oxygen atoms in total. The van der Waals surface area contributed by atoms with Crippen LogP contribution in [0.5, 0.6) is 0 Å². The van der Waals surface area contributed by atoms with Gasteiger partial charge in [0.15, 0.2) is 0 Å². The fraction of sp³-hybridized carbons (Fsp3) is 0.368. The van der Waals surface area contributed by atoms with E-state index in [2.05, 4.69) is 10.6 Å². The molecule has 0 radical (unpaired) electrons. The molecular weight excluding hydrogens is 373 g/mol. The smallest absolute Gasteiger partial charge is 0.407 e. The fourth-order valence-electron chi connectivity index (χ4n) is 3.48. The molecule has 27 heavy (non-hydrogen) atoms. The molecule has 8 heteroatoms. The van der Waals surface area contributed by atoms with Crippen LogP contribution in [0.2, 0.25) is 5.02 Å². The van der Waals surface area contributed by atoms with Crippen molar-refractivity contribution in [2.75, 3.05) is 12.4 Å². The van der Waals surface area contributed by atoms with Gasteiger partial charge in [-0.25, -0.2) is 9.18 Å². The van der Waals surface area contributed by atoms with Crippen LogP contribution in [0.25, 0.3) is 0 Å². The zero-order valence-electron chi connectivity index (χ0n) is 15.1. The van der Waals surface area contributed by atoms with E-state index in [1.807, 2.05) is 6.20 Å². The summed E-state index contributed by atoms with van der Waals surface area (Å²) in [5.74, 6) is -0.848. The van der Waals surface area contributed by atoms with Gasteiger partial charge in [0.25, 0.3) is 5.91 Å². The van der Waals surface area contributed by atoms with E-state index in [0.29, 0.717) is 11.4 Å². The molecule has 1 aromatic carbocycles. The number of fused-ring (bicyclic) bond motifs is 1. The summed E-state index contributed by atoms with van der Waals surface area (Å²) in [6.07, 6.45) is 4.74. The number of methoxy groups -OCH3 is 1. The second kappa shape index (κ2) is 8.00. The van der Waals surface area contributed by atoms with E-state index in [1.54, 1.807) is 11.6 Å². The van der Waals surface area contributed by atoms with Crippen molar-refractivity contribution in [3.63, 3.8) is 0 Å². The number of benzene rings is 1. The molecule has 2 N–H and O–H groups in total. The normalized spacial score (nSPS) is 16.2. The summed E-state index contributed by atoms with van der Waals surface area (Å²) in [4.78, 5) is 24.5. The number of halogens is 2. The number of alkyl carbamates (subject to hydrolysis) is 1. The van der Waals surface area contributed by atoms with Gasteiger partial charge in [-0.05, 0) is 48.6 Å². The average Bonchev–Trinajstić information content (AvgIpc) is 2.85. The van der Waals surface area contributed by atoms with Crippen molar-refractivity contribution in [2.45, 2.75) is 31.7 Å². The molecule has 2 aromatic rings. The summed E-state index contributed by atoms with van der Waals surface area (Å²) < 4.78 is 19.8. The Morgan fingerprint density at radius 1 is 1.33 bits per heavy atom. The van der Waals surface area contributed by atoms with Crippen molar-refractivity contribution in [3.05, 3.63) is 52.1 Å². The number of rotatable bonds is 3. The number of anilines is 1. The summed E-state index contributed by atoms with van der Waals surface area (Å²) in [7, 11) is 3.11. The topological polar surface area (TPSA) is 72.4 Å². The molecule has 1 heterocycles. The lowest BCUT2D eigenvalue weighted by atomic mass is 10.0. The molecule has 1 atom stereocenters. The van der Waals surface area contributed by atoms with E-state index in [0.717, 1.165) is 36.8 Å². The molecule has 0 fully saturated rings. The first kappa shape index (κ1) is 19.2. The third kappa shape index (κ3) is 4.08. The van der Waals surface area contributed by atoms with Crippen molar-refractivity contribution in [3.8, 4) is 0 Å². The van der Waals surface area contributed by atoms with Crippen LogP contribution in [0, 0.1) is 5.82 Å². The minimum atomic E-state index is -0.542. The highest BCUT2D eigenvalue weighted by Crippen LogP contribution is 2.32. The van der Waals surface area contributed by atoms with Gasteiger partial charge in [-0.3, -0.25) is 4.79 Å². The van der Waals surface area contributed by atoms with Gasteiger partial charge in [0.1, 0.15) is 11.5 Å². The summed E-state index contributed by atoms with van der Waals surface area (Å²) in [5.41, 5.74) is 2.76. The molecule has 1 unspecified atom stereocenters. The Bertz CT molecular complexity index is 881. The lowest BCUT2D eigenvalue weighted by molar-refractivity contribution is 0.101. The molecule has 0 aliphatic heterocycles. The van der Waals surface area contributed by atoms with Crippen molar-refractivity contribution >= 4 is 29.3 Å². The lowest BCUT2D eigenvalue weighted by Crippen LogP contribution is -2.28. The number of aryl methyl sites for hydroxylation is 1. The molecule has 1 aromatic heterocycles. The van der Waals surface area contributed by atoms with Crippen LogP contribution in [0.1, 0.15) is 46.9 Å². The van der Waals surface area contributed by atoms with Crippen LogP contribution < -0.4 is 10.6 Å². The Kier molecular flexibility index (Phi) is 5.70. The Hall–Kier alpha value is -2.54. The molecule has 2 amide bonds.